The molecule has 10 nitrogen and oxygen atoms in total. The predicted molar refractivity (Wildman–Crippen MR) is 123 cm³/mol. The molecule has 0 aliphatic rings. The minimum Gasteiger partial charge on any atom is -0.462 e. The largest absolute Gasteiger partial charge is 0.462 e. The van der Waals surface area contributed by atoms with E-state index in [0.717, 1.165) is 5.56 Å². The first-order chi connectivity index (χ1) is 15.7. The van der Waals surface area contributed by atoms with Crippen LogP contribution in [0.15, 0.2) is 33.8 Å². The Hall–Kier alpha value is -3.31. The number of rotatable bonds is 9. The summed E-state index contributed by atoms with van der Waals surface area (Å²) < 4.78 is 11.9. The number of benzene rings is 1. The van der Waals surface area contributed by atoms with Gasteiger partial charge in [-0.05, 0) is 32.4 Å². The van der Waals surface area contributed by atoms with Crippen LogP contribution in [0.2, 0.25) is 5.02 Å². The number of nitrogens with one attached hydrogen (secondary N) is 1. The van der Waals surface area contributed by atoms with E-state index < -0.39 is 11.9 Å². The van der Waals surface area contributed by atoms with Crippen molar-refractivity contribution in [3.8, 4) is 0 Å². The molecular formula is C21H22ClN5O5S. The number of nitrogens with two attached hydrogens (primary N) is 1. The van der Waals surface area contributed by atoms with Gasteiger partial charge in [0.1, 0.15) is 17.9 Å². The minimum atomic E-state index is -0.769. The number of nitrogens with zero attached hydrogens (tertiary/aromatic N) is 3. The maximum Gasteiger partial charge on any atom is 0.344 e. The van der Waals surface area contributed by atoms with Crippen molar-refractivity contribution in [1.29, 1.82) is 0 Å². The Labute approximate surface area is 198 Å². The molecule has 3 aromatic rings. The van der Waals surface area contributed by atoms with E-state index in [9.17, 15) is 14.4 Å². The average molecular weight is 492 g/mol. The molecule has 0 saturated heterocycles. The zero-order valence-corrected chi connectivity index (χ0v) is 19.7. The third-order valence-electron chi connectivity index (χ3n) is 4.53. The number of hydrogen-bond acceptors (Lipinski definition) is 9. The molecule has 174 valence electrons. The number of ketones is 1. The number of furan rings is 1. The van der Waals surface area contributed by atoms with Gasteiger partial charge >= 0.3 is 5.97 Å². The summed E-state index contributed by atoms with van der Waals surface area (Å²) in [7, 11) is 0. The van der Waals surface area contributed by atoms with Crippen LogP contribution in [0.5, 0.6) is 0 Å². The summed E-state index contributed by atoms with van der Waals surface area (Å²) in [5.41, 5.74) is 6.72. The Kier molecular flexibility index (Phi) is 7.77. The van der Waals surface area contributed by atoms with Crippen LogP contribution in [-0.4, -0.2) is 39.0 Å². The van der Waals surface area contributed by atoms with Crippen molar-refractivity contribution in [3.05, 3.63) is 51.7 Å². The number of carbonyl (C=O) groups is 3. The number of Topliss-reactive ketones (excluding diaryl/α,β-unsaturated/α-hetero) is 1. The van der Waals surface area contributed by atoms with Gasteiger partial charge in [-0.15, -0.1) is 10.2 Å². The molecule has 2 heterocycles. The molecule has 0 fully saturated rings. The molecule has 3 N–H and O–H groups in total. The smallest absolute Gasteiger partial charge is 0.344 e. The van der Waals surface area contributed by atoms with Crippen molar-refractivity contribution in [2.45, 2.75) is 38.2 Å². The molecule has 33 heavy (non-hydrogen) atoms. The van der Waals surface area contributed by atoms with Crippen LogP contribution in [0.1, 0.15) is 45.9 Å². The Balaban J connectivity index is 1.79. The van der Waals surface area contributed by atoms with Crippen molar-refractivity contribution in [3.63, 3.8) is 0 Å². The highest BCUT2D eigenvalue weighted by atomic mass is 35.5. The van der Waals surface area contributed by atoms with Crippen LogP contribution < -0.4 is 11.1 Å². The highest BCUT2D eigenvalue weighted by Crippen LogP contribution is 2.29. The number of aryl methyl sites for hydroxylation is 1. The molecule has 0 atom stereocenters. The molecule has 1 aromatic carbocycles. The zero-order chi connectivity index (χ0) is 24.1. The molecule has 1 amide bonds. The Morgan fingerprint density at radius 3 is 2.64 bits per heavy atom. The second-order valence-corrected chi connectivity index (χ2v) is 8.22. The minimum absolute atomic E-state index is 0.0393. The topological polar surface area (TPSA) is 142 Å². The monoisotopic (exact) mass is 491 g/mol. The van der Waals surface area contributed by atoms with Gasteiger partial charge in [-0.25, -0.2) is 4.79 Å². The van der Waals surface area contributed by atoms with Gasteiger partial charge in [-0.1, -0.05) is 41.6 Å². The van der Waals surface area contributed by atoms with Gasteiger partial charge in [0, 0.05) is 10.8 Å². The molecule has 0 unspecified atom stereocenters. The summed E-state index contributed by atoms with van der Waals surface area (Å²) >= 11 is 7.50. The summed E-state index contributed by atoms with van der Waals surface area (Å²) in [6.07, 6.45) is 0. The molecule has 12 heteroatoms. The summed E-state index contributed by atoms with van der Waals surface area (Å²) in [6, 6.07) is 7.37. The van der Waals surface area contributed by atoms with Gasteiger partial charge in [-0.2, -0.15) is 0 Å². The number of esters is 1. The van der Waals surface area contributed by atoms with E-state index in [2.05, 4.69) is 15.5 Å². The molecule has 2 aromatic heterocycles. The van der Waals surface area contributed by atoms with E-state index in [1.54, 1.807) is 13.0 Å². The number of ether oxygens (including phenoxy) is 1. The van der Waals surface area contributed by atoms with Crippen LogP contribution in [-0.2, 0) is 21.8 Å². The number of nitrogen functional groups attached to an aromatic ring is 1. The summed E-state index contributed by atoms with van der Waals surface area (Å²) in [5.74, 6) is -1.16. The zero-order valence-electron chi connectivity index (χ0n) is 18.2. The summed E-state index contributed by atoms with van der Waals surface area (Å²) in [5, 5.41) is 11.4. The van der Waals surface area contributed by atoms with E-state index in [1.807, 2.05) is 18.2 Å². The Morgan fingerprint density at radius 1 is 1.24 bits per heavy atom. The fraction of sp³-hybridized carbons (Fsp3) is 0.286. The number of carbonyl (C=O) groups excluding carboxylic acids is 3. The lowest BCUT2D eigenvalue weighted by molar-refractivity contribution is -0.116. The lowest BCUT2D eigenvalue weighted by Crippen LogP contribution is -2.22. The van der Waals surface area contributed by atoms with Crippen LogP contribution >= 0.6 is 23.4 Å². The second kappa shape index (κ2) is 10.5. The Bertz CT molecular complexity index is 1210. The van der Waals surface area contributed by atoms with Crippen molar-refractivity contribution in [2.75, 3.05) is 17.7 Å². The lowest BCUT2D eigenvalue weighted by atomic mass is 10.1. The third-order valence-corrected chi connectivity index (χ3v) is 5.91. The molecule has 3 rings (SSSR count). The number of amides is 1. The van der Waals surface area contributed by atoms with Gasteiger partial charge in [-0.3, -0.25) is 19.5 Å². The number of anilines is 2. The van der Waals surface area contributed by atoms with Crippen molar-refractivity contribution in [2.24, 2.45) is 0 Å². The quantitative estimate of drug-likeness (QED) is 0.260. The van der Waals surface area contributed by atoms with Gasteiger partial charge in [0.15, 0.2) is 10.9 Å². The first kappa shape index (κ1) is 24.3. The fourth-order valence-electron chi connectivity index (χ4n) is 3.08. The highest BCUT2D eigenvalue weighted by Gasteiger charge is 2.29. The van der Waals surface area contributed by atoms with Crippen LogP contribution in [0, 0.1) is 6.92 Å². The van der Waals surface area contributed by atoms with Gasteiger partial charge < -0.3 is 14.9 Å². The number of aromatic nitrogens is 3. The van der Waals surface area contributed by atoms with Crippen molar-refractivity contribution in [1.82, 2.24) is 14.8 Å². The first-order valence-electron chi connectivity index (χ1n) is 9.89. The van der Waals surface area contributed by atoms with Crippen molar-refractivity contribution < 1.29 is 23.5 Å². The van der Waals surface area contributed by atoms with Gasteiger partial charge in [0.2, 0.25) is 17.7 Å². The molecule has 0 bridgehead atoms. The van der Waals surface area contributed by atoms with Crippen LogP contribution in [0.4, 0.5) is 11.8 Å². The fourth-order valence-corrected chi connectivity index (χ4v) is 4.31. The van der Waals surface area contributed by atoms with Gasteiger partial charge in [0.25, 0.3) is 0 Å². The van der Waals surface area contributed by atoms with Gasteiger partial charge in [0.05, 0.1) is 12.2 Å². The molecule has 0 saturated carbocycles. The third kappa shape index (κ3) is 5.55. The first-order valence-corrected chi connectivity index (χ1v) is 11.2. The van der Waals surface area contributed by atoms with E-state index >= 15 is 0 Å². The second-order valence-electron chi connectivity index (χ2n) is 6.87. The van der Waals surface area contributed by atoms with E-state index in [1.165, 1.54) is 30.2 Å². The SMILES string of the molecule is CCOC(=O)c1c(NC(=O)Cn2c(N)nnc2SCc2ccccc2Cl)oc(C)c1C(C)=O. The predicted octanol–water partition coefficient (Wildman–Crippen LogP) is 3.73. The maximum absolute atomic E-state index is 12.8. The van der Waals surface area contributed by atoms with Crippen LogP contribution in [0.25, 0.3) is 0 Å². The molecular weight excluding hydrogens is 470 g/mol. The highest BCUT2D eigenvalue weighted by molar-refractivity contribution is 7.98. The molecule has 0 spiro atoms. The number of thioether (sulfide) groups is 1. The Morgan fingerprint density at radius 2 is 1.97 bits per heavy atom. The average Bonchev–Trinajstić information content (AvgIpc) is 3.27. The maximum atomic E-state index is 12.8. The summed E-state index contributed by atoms with van der Waals surface area (Å²) in [4.78, 5) is 37.2. The van der Waals surface area contributed by atoms with E-state index in [4.69, 9.17) is 26.5 Å². The standard InChI is InChI=1S/C21H22ClN5O5S/c1-4-31-19(30)17-16(11(2)28)12(3)32-18(17)24-15(29)9-27-20(23)25-26-21(27)33-10-13-7-5-6-8-14(13)22/h5-8H,4,9-10H2,1-3H3,(H2,23,25)(H,24,29). The molecule has 0 aliphatic carbocycles. The van der Waals surface area contributed by atoms with E-state index in [-0.39, 0.29) is 47.7 Å². The summed E-state index contributed by atoms with van der Waals surface area (Å²) in [6.45, 7) is 4.30. The molecule has 0 aliphatic heterocycles. The number of halogens is 1. The van der Waals surface area contributed by atoms with E-state index in [0.29, 0.717) is 15.9 Å². The molecule has 0 radical (unpaired) electrons. The lowest BCUT2D eigenvalue weighted by Gasteiger charge is -2.09. The van der Waals surface area contributed by atoms with Crippen LogP contribution in [0.3, 0.4) is 0 Å². The normalized spacial score (nSPS) is 10.8. The van der Waals surface area contributed by atoms with Crippen molar-refractivity contribution >= 4 is 52.9 Å². The number of hydrogen-bond donors (Lipinski definition) is 2.